The van der Waals surface area contributed by atoms with Gasteiger partial charge in [-0.05, 0) is 18.6 Å². The number of rotatable bonds is 10. The molecule has 1 rings (SSSR count). The van der Waals surface area contributed by atoms with Gasteiger partial charge in [-0.25, -0.2) is 0 Å². The topological polar surface area (TPSA) is 35.5 Å². The van der Waals surface area contributed by atoms with Gasteiger partial charge in [-0.2, -0.15) is 0 Å². The Kier molecular flexibility index (Phi) is 7.39. The van der Waals surface area contributed by atoms with Gasteiger partial charge in [-0.1, -0.05) is 13.0 Å². The molecule has 0 atom stereocenters. The molecule has 1 aromatic rings. The van der Waals surface area contributed by atoms with Crippen molar-refractivity contribution in [1.29, 1.82) is 0 Å². The number of hydrogen-bond acceptors (Lipinski definition) is 3. The van der Waals surface area contributed by atoms with Crippen molar-refractivity contribution in [3.63, 3.8) is 0 Å². The molecule has 0 heterocycles. The van der Waals surface area contributed by atoms with Gasteiger partial charge in [0, 0.05) is 19.3 Å². The highest BCUT2D eigenvalue weighted by Crippen LogP contribution is 2.32. The zero-order valence-electron chi connectivity index (χ0n) is 14.6. The summed E-state index contributed by atoms with van der Waals surface area (Å²) >= 11 is 0. The van der Waals surface area contributed by atoms with Gasteiger partial charge in [0.05, 0.1) is 40.4 Å². The molecule has 0 saturated heterocycles. The molecule has 0 aliphatic carbocycles. The third-order valence-electron chi connectivity index (χ3n) is 3.83. The third kappa shape index (κ3) is 5.68. The first-order chi connectivity index (χ1) is 10.4. The first-order valence-electron chi connectivity index (χ1n) is 7.97. The minimum absolute atomic E-state index is 0.376. The first kappa shape index (κ1) is 18.5. The van der Waals surface area contributed by atoms with E-state index < -0.39 is 0 Å². The van der Waals surface area contributed by atoms with Crippen LogP contribution in [0.15, 0.2) is 18.2 Å². The van der Waals surface area contributed by atoms with Crippen molar-refractivity contribution in [3.8, 4) is 11.5 Å². The molecule has 0 N–H and O–H groups in total. The summed E-state index contributed by atoms with van der Waals surface area (Å²) < 4.78 is 11.7. The zero-order valence-corrected chi connectivity index (χ0v) is 14.6. The van der Waals surface area contributed by atoms with Crippen LogP contribution in [0, 0.1) is 0 Å². The summed E-state index contributed by atoms with van der Waals surface area (Å²) in [7, 11) is 7.69. The summed E-state index contributed by atoms with van der Waals surface area (Å²) in [6.45, 7) is 3.87. The summed E-state index contributed by atoms with van der Waals surface area (Å²) in [5.41, 5.74) is 1.13. The normalized spacial score (nSPS) is 11.3. The minimum Gasteiger partial charge on any atom is -0.493 e. The molecule has 0 saturated carbocycles. The van der Waals surface area contributed by atoms with Gasteiger partial charge >= 0.3 is 0 Å². The van der Waals surface area contributed by atoms with Crippen molar-refractivity contribution in [2.75, 3.05) is 34.9 Å². The van der Waals surface area contributed by atoms with Crippen LogP contribution in [0.3, 0.4) is 0 Å². The van der Waals surface area contributed by atoms with E-state index in [4.69, 9.17) is 9.47 Å². The monoisotopic (exact) mass is 308 g/mol. The summed E-state index contributed by atoms with van der Waals surface area (Å²) in [6.07, 6.45) is 3.26. The van der Waals surface area contributed by atoms with Crippen LogP contribution in [0.2, 0.25) is 0 Å². The van der Waals surface area contributed by atoms with Crippen LogP contribution in [-0.4, -0.2) is 45.1 Å². The van der Waals surface area contributed by atoms with E-state index >= 15 is 0 Å². The lowest BCUT2D eigenvalue weighted by Gasteiger charge is -2.30. The van der Waals surface area contributed by atoms with E-state index in [1.807, 2.05) is 19.1 Å². The highest BCUT2D eigenvalue weighted by Gasteiger charge is 2.20. The van der Waals surface area contributed by atoms with E-state index in [1.165, 1.54) is 0 Å². The average molecular weight is 308 g/mol. The Morgan fingerprint density at radius 1 is 1.14 bits per heavy atom. The summed E-state index contributed by atoms with van der Waals surface area (Å²) in [5, 5.41) is 0. The van der Waals surface area contributed by atoms with Crippen molar-refractivity contribution in [1.82, 2.24) is 0 Å². The Morgan fingerprint density at radius 2 is 1.86 bits per heavy atom. The van der Waals surface area contributed by atoms with E-state index in [-0.39, 0.29) is 0 Å². The van der Waals surface area contributed by atoms with Crippen LogP contribution in [-0.2, 0) is 11.3 Å². The molecule has 0 spiro atoms. The lowest BCUT2D eigenvalue weighted by molar-refractivity contribution is -0.903. The number of carbonyl (C=O) groups excluding carboxylic acids is 1. The smallest absolute Gasteiger partial charge is 0.169 e. The Labute approximate surface area is 134 Å². The quantitative estimate of drug-likeness (QED) is 0.621. The van der Waals surface area contributed by atoms with Gasteiger partial charge in [-0.15, -0.1) is 0 Å². The van der Waals surface area contributed by atoms with Crippen LogP contribution >= 0.6 is 0 Å². The maximum atomic E-state index is 11.6. The second-order valence-electron chi connectivity index (χ2n) is 6.36. The van der Waals surface area contributed by atoms with Gasteiger partial charge in [0.25, 0.3) is 0 Å². The third-order valence-corrected chi connectivity index (χ3v) is 3.83. The molecule has 1 aromatic carbocycles. The Hall–Kier alpha value is -1.55. The fraction of sp³-hybridized carbons (Fsp3) is 0.611. The first-order valence-corrected chi connectivity index (χ1v) is 7.97. The van der Waals surface area contributed by atoms with E-state index in [0.29, 0.717) is 18.6 Å². The molecule has 0 aliphatic rings. The van der Waals surface area contributed by atoms with Gasteiger partial charge < -0.3 is 14.0 Å². The largest absolute Gasteiger partial charge is 0.493 e. The number of methoxy groups -OCH3 is 2. The van der Waals surface area contributed by atoms with Crippen LogP contribution in [0.5, 0.6) is 11.5 Å². The number of carbonyl (C=O) groups is 1. The number of quaternary nitrogens is 1. The molecule has 4 heteroatoms. The van der Waals surface area contributed by atoms with Gasteiger partial charge in [0.15, 0.2) is 11.5 Å². The Balaban J connectivity index is 2.66. The number of para-hydroxylation sites is 1. The van der Waals surface area contributed by atoms with Crippen molar-refractivity contribution < 1.29 is 18.8 Å². The van der Waals surface area contributed by atoms with E-state index in [2.05, 4.69) is 20.2 Å². The van der Waals surface area contributed by atoms with Gasteiger partial charge in [0.2, 0.25) is 0 Å². The Bertz CT molecular complexity index is 483. The van der Waals surface area contributed by atoms with Gasteiger partial charge in [-0.3, -0.25) is 4.79 Å². The molecule has 22 heavy (non-hydrogen) atoms. The van der Waals surface area contributed by atoms with E-state index in [0.717, 1.165) is 47.5 Å². The van der Waals surface area contributed by atoms with Crippen molar-refractivity contribution in [2.45, 2.75) is 39.2 Å². The number of nitrogens with zero attached hydrogens (tertiary/aromatic N) is 1. The van der Waals surface area contributed by atoms with E-state index in [9.17, 15) is 4.79 Å². The van der Waals surface area contributed by atoms with E-state index in [1.54, 1.807) is 14.2 Å². The fourth-order valence-electron chi connectivity index (χ4n) is 2.73. The molecule has 0 unspecified atom stereocenters. The summed E-state index contributed by atoms with van der Waals surface area (Å²) in [4.78, 5) is 11.6. The second-order valence-corrected chi connectivity index (χ2v) is 6.36. The predicted octanol–water partition coefficient (Wildman–Crippen LogP) is 3.43. The van der Waals surface area contributed by atoms with Crippen molar-refractivity contribution in [2.24, 2.45) is 0 Å². The van der Waals surface area contributed by atoms with Crippen LogP contribution < -0.4 is 9.47 Å². The maximum Gasteiger partial charge on any atom is 0.169 e. The van der Waals surface area contributed by atoms with Gasteiger partial charge in [0.1, 0.15) is 12.3 Å². The van der Waals surface area contributed by atoms with Crippen LogP contribution in [0.25, 0.3) is 0 Å². The fourth-order valence-corrected chi connectivity index (χ4v) is 2.73. The van der Waals surface area contributed by atoms with Crippen LogP contribution in [0.1, 0.15) is 38.2 Å². The second kappa shape index (κ2) is 8.79. The molecule has 0 fully saturated rings. The maximum absolute atomic E-state index is 11.6. The molecule has 0 aliphatic heterocycles. The molecule has 0 radical (unpaired) electrons. The highest BCUT2D eigenvalue weighted by molar-refractivity contribution is 5.78. The number of ketones is 1. The average Bonchev–Trinajstić information content (AvgIpc) is 2.46. The lowest BCUT2D eigenvalue weighted by atomic mass is 10.1. The summed E-state index contributed by atoms with van der Waals surface area (Å²) in [5.74, 6) is 1.94. The summed E-state index contributed by atoms with van der Waals surface area (Å²) in [6, 6.07) is 5.97. The lowest BCUT2D eigenvalue weighted by Crippen LogP contribution is -2.39. The Morgan fingerprint density at radius 3 is 2.45 bits per heavy atom. The molecule has 0 amide bonds. The number of hydrogen-bond donors (Lipinski definition) is 0. The molecule has 124 valence electrons. The SMILES string of the molecule is CCCC(=O)CCC[N+](C)(C)Cc1cccc(OC)c1OC. The highest BCUT2D eigenvalue weighted by atomic mass is 16.5. The van der Waals surface area contributed by atoms with Crippen LogP contribution in [0.4, 0.5) is 0 Å². The molecule has 4 nitrogen and oxygen atoms in total. The molecule has 0 bridgehead atoms. The molecule has 0 aromatic heterocycles. The van der Waals surface area contributed by atoms with Crippen molar-refractivity contribution >= 4 is 5.78 Å². The van der Waals surface area contributed by atoms with Crippen molar-refractivity contribution in [3.05, 3.63) is 23.8 Å². The minimum atomic E-state index is 0.376. The predicted molar refractivity (Wildman–Crippen MR) is 89.4 cm³/mol. The number of Topliss-reactive ketones (excluding diaryl/α,β-unsaturated/α-hetero) is 1. The zero-order chi connectivity index (χ0) is 16.6. The number of ether oxygens (including phenoxy) is 2. The standard InChI is InChI=1S/C18H30NO3/c1-6-9-16(20)11-8-13-19(2,3)14-15-10-7-12-17(21-4)18(15)22-5/h7,10,12H,6,8-9,11,13-14H2,1-5H3/q+1. The molecular weight excluding hydrogens is 278 g/mol. The molecular formula is C18H30NO3+. The number of benzene rings is 1.